The van der Waals surface area contributed by atoms with Crippen LogP contribution in [-0.4, -0.2) is 46.9 Å². The summed E-state index contributed by atoms with van der Waals surface area (Å²) in [5.74, 6) is -0.524. The van der Waals surface area contributed by atoms with Crippen LogP contribution in [0.15, 0.2) is 12.3 Å². The van der Waals surface area contributed by atoms with E-state index in [9.17, 15) is 14.9 Å². The minimum Gasteiger partial charge on any atom is -0.351 e. The topological polar surface area (TPSA) is 88.4 Å². The molecule has 8 heteroatoms. The Bertz CT molecular complexity index is 524. The van der Waals surface area contributed by atoms with Gasteiger partial charge in [0.2, 0.25) is 0 Å². The van der Waals surface area contributed by atoms with Crippen LogP contribution in [0, 0.1) is 10.1 Å². The van der Waals surface area contributed by atoms with Crippen LogP contribution in [0.1, 0.15) is 30.6 Å². The molecule has 1 aromatic rings. The standard InChI is InChI=1S/C13H19ClN4O3/c1-4-9(2)17(3)6-5-15-13(19)10-7-12(14)16-8-11(10)18(20)21/h7-9H,4-6H2,1-3H3,(H,15,19). The van der Waals surface area contributed by atoms with Crippen molar-refractivity contribution in [1.29, 1.82) is 0 Å². The van der Waals surface area contributed by atoms with Crippen molar-refractivity contribution >= 4 is 23.2 Å². The number of amides is 1. The Hall–Kier alpha value is -1.73. The monoisotopic (exact) mass is 314 g/mol. The average Bonchev–Trinajstić information content (AvgIpc) is 2.45. The Balaban J connectivity index is 2.68. The van der Waals surface area contributed by atoms with Crippen molar-refractivity contribution in [3.63, 3.8) is 0 Å². The summed E-state index contributed by atoms with van der Waals surface area (Å²) < 4.78 is 0. The number of pyridine rings is 1. The first kappa shape index (κ1) is 17.3. The van der Waals surface area contributed by atoms with Gasteiger partial charge in [-0.2, -0.15) is 0 Å². The van der Waals surface area contributed by atoms with Crippen LogP contribution >= 0.6 is 11.6 Å². The number of rotatable bonds is 7. The fourth-order valence-electron chi connectivity index (χ4n) is 1.72. The number of hydrogen-bond acceptors (Lipinski definition) is 5. The van der Waals surface area contributed by atoms with E-state index in [1.165, 1.54) is 6.07 Å². The Morgan fingerprint density at radius 2 is 2.29 bits per heavy atom. The van der Waals surface area contributed by atoms with Gasteiger partial charge in [-0.1, -0.05) is 18.5 Å². The summed E-state index contributed by atoms with van der Waals surface area (Å²) in [4.78, 5) is 28.0. The minimum atomic E-state index is -0.649. The van der Waals surface area contributed by atoms with E-state index in [2.05, 4.69) is 29.0 Å². The van der Waals surface area contributed by atoms with Crippen molar-refractivity contribution in [2.75, 3.05) is 20.1 Å². The van der Waals surface area contributed by atoms with Crippen molar-refractivity contribution in [3.05, 3.63) is 33.1 Å². The fraction of sp³-hybridized carbons (Fsp3) is 0.538. The first-order chi connectivity index (χ1) is 9.86. The molecule has 0 saturated heterocycles. The quantitative estimate of drug-likeness (QED) is 0.473. The highest BCUT2D eigenvalue weighted by molar-refractivity contribution is 6.29. The predicted molar refractivity (Wildman–Crippen MR) is 80.6 cm³/mol. The molecule has 1 N–H and O–H groups in total. The summed E-state index contributed by atoms with van der Waals surface area (Å²) in [6.45, 7) is 5.24. The molecule has 1 aromatic heterocycles. The number of nitro groups is 1. The van der Waals surface area contributed by atoms with E-state index in [-0.39, 0.29) is 16.4 Å². The molecule has 1 rings (SSSR count). The lowest BCUT2D eigenvalue weighted by molar-refractivity contribution is -0.385. The fourth-order valence-corrected chi connectivity index (χ4v) is 1.88. The number of halogens is 1. The van der Waals surface area contributed by atoms with Crippen molar-refractivity contribution in [1.82, 2.24) is 15.2 Å². The van der Waals surface area contributed by atoms with Crippen LogP contribution in [0.5, 0.6) is 0 Å². The summed E-state index contributed by atoms with van der Waals surface area (Å²) in [5, 5.41) is 13.6. The Labute approximate surface area is 128 Å². The molecule has 0 aliphatic rings. The van der Waals surface area contributed by atoms with Crippen LogP contribution in [0.25, 0.3) is 0 Å². The van der Waals surface area contributed by atoms with Crippen LogP contribution in [0.2, 0.25) is 5.15 Å². The van der Waals surface area contributed by atoms with E-state index in [0.29, 0.717) is 19.1 Å². The van der Waals surface area contributed by atoms with Gasteiger partial charge < -0.3 is 10.2 Å². The molecule has 21 heavy (non-hydrogen) atoms. The van der Waals surface area contributed by atoms with Crippen LogP contribution in [0.3, 0.4) is 0 Å². The molecule has 0 saturated carbocycles. The maximum atomic E-state index is 12.0. The van der Waals surface area contributed by atoms with Gasteiger partial charge in [-0.3, -0.25) is 14.9 Å². The second-order valence-electron chi connectivity index (χ2n) is 4.78. The van der Waals surface area contributed by atoms with Crippen LogP contribution in [-0.2, 0) is 0 Å². The van der Waals surface area contributed by atoms with Crippen LogP contribution < -0.4 is 5.32 Å². The lowest BCUT2D eigenvalue weighted by atomic mass is 10.2. The third kappa shape index (κ3) is 4.95. The SMILES string of the molecule is CCC(C)N(C)CCNC(=O)c1cc(Cl)ncc1[N+](=O)[O-]. The van der Waals surface area contributed by atoms with Crippen molar-refractivity contribution < 1.29 is 9.72 Å². The maximum absolute atomic E-state index is 12.0. The zero-order valence-electron chi connectivity index (χ0n) is 12.3. The number of carbonyl (C=O) groups excluding carboxylic acids is 1. The second kappa shape index (κ2) is 7.90. The summed E-state index contributed by atoms with van der Waals surface area (Å²) in [7, 11) is 1.96. The molecule has 0 spiro atoms. The van der Waals surface area contributed by atoms with Gasteiger partial charge in [0.15, 0.2) is 0 Å². The first-order valence-corrected chi connectivity index (χ1v) is 7.03. The van der Waals surface area contributed by atoms with Gasteiger partial charge in [0.25, 0.3) is 11.6 Å². The number of nitrogens with zero attached hydrogens (tertiary/aromatic N) is 3. The minimum absolute atomic E-state index is 0.0440. The molecular weight excluding hydrogens is 296 g/mol. The number of aromatic nitrogens is 1. The Morgan fingerprint density at radius 3 is 2.86 bits per heavy atom. The summed E-state index contributed by atoms with van der Waals surface area (Å²) >= 11 is 5.69. The number of likely N-dealkylation sites (N-methyl/N-ethyl adjacent to an activating group) is 1. The molecule has 0 radical (unpaired) electrons. The largest absolute Gasteiger partial charge is 0.351 e. The van der Waals surface area contributed by atoms with E-state index >= 15 is 0 Å². The molecule has 0 fully saturated rings. The number of hydrogen-bond donors (Lipinski definition) is 1. The van der Waals surface area contributed by atoms with Gasteiger partial charge in [0.05, 0.1) is 4.92 Å². The van der Waals surface area contributed by atoms with Gasteiger partial charge in [-0.15, -0.1) is 0 Å². The maximum Gasteiger partial charge on any atom is 0.300 e. The van der Waals surface area contributed by atoms with E-state index < -0.39 is 10.8 Å². The molecule has 7 nitrogen and oxygen atoms in total. The summed E-state index contributed by atoms with van der Waals surface area (Å²) in [6, 6.07) is 1.61. The average molecular weight is 315 g/mol. The van der Waals surface area contributed by atoms with Gasteiger partial charge in [0.1, 0.15) is 16.9 Å². The first-order valence-electron chi connectivity index (χ1n) is 6.65. The van der Waals surface area contributed by atoms with Gasteiger partial charge >= 0.3 is 0 Å². The normalized spacial score (nSPS) is 12.2. The van der Waals surface area contributed by atoms with Crippen LogP contribution in [0.4, 0.5) is 5.69 Å². The lowest BCUT2D eigenvalue weighted by Crippen LogP contribution is -2.37. The smallest absolute Gasteiger partial charge is 0.300 e. The van der Waals surface area contributed by atoms with Gasteiger partial charge in [-0.25, -0.2) is 4.98 Å². The highest BCUT2D eigenvalue weighted by Crippen LogP contribution is 2.20. The molecule has 1 unspecified atom stereocenters. The zero-order chi connectivity index (χ0) is 16.0. The summed E-state index contributed by atoms with van der Waals surface area (Å²) in [5.41, 5.74) is -0.432. The highest BCUT2D eigenvalue weighted by atomic mass is 35.5. The molecule has 0 aliphatic carbocycles. The van der Waals surface area contributed by atoms with Crippen molar-refractivity contribution in [2.45, 2.75) is 26.3 Å². The molecular formula is C13H19ClN4O3. The number of carbonyl (C=O) groups is 1. The Morgan fingerprint density at radius 1 is 1.62 bits per heavy atom. The molecule has 1 amide bonds. The molecule has 0 bridgehead atoms. The van der Waals surface area contributed by atoms with Gasteiger partial charge in [-0.05, 0) is 26.5 Å². The molecule has 1 atom stereocenters. The van der Waals surface area contributed by atoms with E-state index in [0.717, 1.165) is 12.6 Å². The van der Waals surface area contributed by atoms with Gasteiger partial charge in [0, 0.05) is 19.1 Å². The second-order valence-corrected chi connectivity index (χ2v) is 5.16. The van der Waals surface area contributed by atoms with E-state index in [4.69, 9.17) is 11.6 Å². The van der Waals surface area contributed by atoms with Crippen molar-refractivity contribution in [3.8, 4) is 0 Å². The predicted octanol–water partition coefficient (Wildman–Crippen LogP) is 2.10. The highest BCUT2D eigenvalue weighted by Gasteiger charge is 2.21. The third-order valence-corrected chi connectivity index (χ3v) is 3.59. The summed E-state index contributed by atoms with van der Waals surface area (Å²) in [6.07, 6.45) is 2.00. The molecule has 0 aromatic carbocycles. The molecule has 0 aliphatic heterocycles. The van der Waals surface area contributed by atoms with E-state index in [1.807, 2.05) is 7.05 Å². The van der Waals surface area contributed by atoms with E-state index in [1.54, 1.807) is 0 Å². The lowest BCUT2D eigenvalue weighted by Gasteiger charge is -2.23. The van der Waals surface area contributed by atoms with Crippen molar-refractivity contribution in [2.24, 2.45) is 0 Å². The third-order valence-electron chi connectivity index (χ3n) is 3.38. The zero-order valence-corrected chi connectivity index (χ0v) is 13.1. The Kier molecular flexibility index (Phi) is 6.51. The molecule has 1 heterocycles. The number of nitrogens with one attached hydrogen (secondary N) is 1. The molecule has 116 valence electrons.